The molecule has 1 aromatic heterocycles. The molecule has 0 aliphatic rings. The van der Waals surface area contributed by atoms with Crippen molar-refractivity contribution in [3.63, 3.8) is 0 Å². The molecule has 0 atom stereocenters. The van der Waals surface area contributed by atoms with E-state index in [4.69, 9.17) is 10.2 Å². The zero-order valence-corrected chi connectivity index (χ0v) is 7.90. The van der Waals surface area contributed by atoms with E-state index >= 15 is 0 Å². The van der Waals surface area contributed by atoms with Crippen molar-refractivity contribution >= 4 is 18.3 Å². The van der Waals surface area contributed by atoms with Crippen molar-refractivity contribution in [1.82, 2.24) is 10.2 Å². The smallest absolute Gasteiger partial charge is 0.273 e. The fourth-order valence-corrected chi connectivity index (χ4v) is 1.18. The summed E-state index contributed by atoms with van der Waals surface area (Å²) in [6.45, 7) is 0. The summed E-state index contributed by atoms with van der Waals surface area (Å²) in [6.07, 6.45) is 0. The quantitative estimate of drug-likeness (QED) is 0.374. The standard InChI is InChI=1S/C8H7N3O2S/c9-6-2-1-4(12)3-5(6)7-10-11-8(14)13-7/h1-3,12H,9H2,(H,11,14). The van der Waals surface area contributed by atoms with Gasteiger partial charge in [-0.2, -0.15) is 0 Å². The molecule has 0 spiro atoms. The zero-order chi connectivity index (χ0) is 10.1. The highest BCUT2D eigenvalue weighted by Gasteiger charge is 2.10. The molecule has 1 aromatic carbocycles. The number of rotatable bonds is 1. The minimum atomic E-state index is 0.0908. The van der Waals surface area contributed by atoms with E-state index in [9.17, 15) is 5.11 Å². The lowest BCUT2D eigenvalue weighted by Crippen LogP contribution is -1.89. The van der Waals surface area contributed by atoms with E-state index < -0.39 is 0 Å². The second kappa shape index (κ2) is 3.22. The van der Waals surface area contributed by atoms with Crippen LogP contribution >= 0.6 is 12.6 Å². The molecule has 0 aliphatic carbocycles. The SMILES string of the molecule is Nc1ccc(O)cc1-c1nnc(S)o1. The Hall–Kier alpha value is -1.69. The number of aromatic hydroxyl groups is 1. The number of thiol groups is 1. The van der Waals surface area contributed by atoms with Gasteiger partial charge in [0.25, 0.3) is 11.1 Å². The molecular formula is C8H7N3O2S. The van der Waals surface area contributed by atoms with Crippen LogP contribution < -0.4 is 5.73 Å². The first-order chi connectivity index (χ1) is 6.66. The third-order valence-corrected chi connectivity index (χ3v) is 1.86. The zero-order valence-electron chi connectivity index (χ0n) is 7.01. The van der Waals surface area contributed by atoms with E-state index in [-0.39, 0.29) is 16.9 Å². The maximum atomic E-state index is 9.24. The van der Waals surface area contributed by atoms with Crippen molar-refractivity contribution in [2.45, 2.75) is 5.22 Å². The number of aromatic nitrogens is 2. The van der Waals surface area contributed by atoms with Gasteiger partial charge in [0, 0.05) is 5.69 Å². The summed E-state index contributed by atoms with van der Waals surface area (Å²) in [5, 5.41) is 16.7. The second-order valence-corrected chi connectivity index (χ2v) is 3.04. The van der Waals surface area contributed by atoms with Gasteiger partial charge < -0.3 is 15.3 Å². The van der Waals surface area contributed by atoms with Gasteiger partial charge in [-0.3, -0.25) is 0 Å². The third-order valence-electron chi connectivity index (χ3n) is 1.68. The molecule has 0 amide bonds. The molecule has 0 bridgehead atoms. The molecule has 14 heavy (non-hydrogen) atoms. The van der Waals surface area contributed by atoms with Crippen LogP contribution in [0, 0.1) is 0 Å². The van der Waals surface area contributed by atoms with Crippen LogP contribution in [-0.2, 0) is 0 Å². The van der Waals surface area contributed by atoms with E-state index in [2.05, 4.69) is 22.8 Å². The second-order valence-electron chi connectivity index (χ2n) is 2.66. The summed E-state index contributed by atoms with van der Waals surface area (Å²) in [7, 11) is 0. The number of nitrogen functional groups attached to an aromatic ring is 1. The first-order valence-corrected chi connectivity index (χ1v) is 4.23. The van der Waals surface area contributed by atoms with Crippen LogP contribution in [0.25, 0.3) is 11.5 Å². The number of hydrogen-bond acceptors (Lipinski definition) is 6. The Morgan fingerprint density at radius 3 is 2.79 bits per heavy atom. The van der Waals surface area contributed by atoms with Crippen LogP contribution in [0.15, 0.2) is 27.8 Å². The molecule has 1 heterocycles. The van der Waals surface area contributed by atoms with Crippen molar-refractivity contribution in [3.8, 4) is 17.2 Å². The van der Waals surface area contributed by atoms with E-state index in [1.54, 1.807) is 6.07 Å². The van der Waals surface area contributed by atoms with Crippen molar-refractivity contribution in [2.75, 3.05) is 5.73 Å². The molecule has 3 N–H and O–H groups in total. The Bertz CT molecular complexity index is 469. The van der Waals surface area contributed by atoms with Gasteiger partial charge in [-0.05, 0) is 18.2 Å². The molecule has 2 aromatic rings. The number of nitrogens with zero attached hydrogens (tertiary/aromatic N) is 2. The predicted molar refractivity (Wildman–Crippen MR) is 53.1 cm³/mol. The Morgan fingerprint density at radius 2 is 2.14 bits per heavy atom. The van der Waals surface area contributed by atoms with Crippen LogP contribution in [0.4, 0.5) is 5.69 Å². The van der Waals surface area contributed by atoms with Crippen LogP contribution in [0.5, 0.6) is 5.75 Å². The van der Waals surface area contributed by atoms with Gasteiger partial charge in [0.05, 0.1) is 5.56 Å². The summed E-state index contributed by atoms with van der Waals surface area (Å²) >= 11 is 3.87. The van der Waals surface area contributed by atoms with E-state index in [1.165, 1.54) is 12.1 Å². The number of anilines is 1. The first-order valence-electron chi connectivity index (χ1n) is 3.78. The highest BCUT2D eigenvalue weighted by atomic mass is 32.1. The minimum absolute atomic E-state index is 0.0908. The largest absolute Gasteiger partial charge is 0.508 e. The van der Waals surface area contributed by atoms with Gasteiger partial charge in [-0.1, -0.05) is 12.6 Å². The molecule has 72 valence electrons. The van der Waals surface area contributed by atoms with Gasteiger partial charge in [0.1, 0.15) is 5.75 Å². The van der Waals surface area contributed by atoms with Gasteiger partial charge in [-0.25, -0.2) is 0 Å². The molecular weight excluding hydrogens is 202 g/mol. The fraction of sp³-hybridized carbons (Fsp3) is 0. The van der Waals surface area contributed by atoms with Crippen LogP contribution in [0.2, 0.25) is 0 Å². The monoisotopic (exact) mass is 209 g/mol. The topological polar surface area (TPSA) is 85.2 Å². The van der Waals surface area contributed by atoms with Crippen molar-refractivity contribution in [1.29, 1.82) is 0 Å². The third kappa shape index (κ3) is 1.51. The highest BCUT2D eigenvalue weighted by Crippen LogP contribution is 2.28. The van der Waals surface area contributed by atoms with Gasteiger partial charge >= 0.3 is 0 Å². The van der Waals surface area contributed by atoms with Crippen molar-refractivity contribution < 1.29 is 9.52 Å². The Balaban J connectivity index is 2.55. The highest BCUT2D eigenvalue weighted by molar-refractivity contribution is 7.80. The van der Waals surface area contributed by atoms with Gasteiger partial charge in [0.2, 0.25) is 0 Å². The number of benzene rings is 1. The Labute approximate surface area is 85.0 Å². The Morgan fingerprint density at radius 1 is 1.36 bits per heavy atom. The molecule has 0 saturated carbocycles. The van der Waals surface area contributed by atoms with Crippen molar-refractivity contribution in [2.24, 2.45) is 0 Å². The normalized spacial score (nSPS) is 10.4. The lowest BCUT2D eigenvalue weighted by Gasteiger charge is -2.00. The number of phenolic OH excluding ortho intramolecular Hbond substituents is 1. The van der Waals surface area contributed by atoms with Crippen LogP contribution in [0.3, 0.4) is 0 Å². The number of nitrogens with two attached hydrogens (primary N) is 1. The van der Waals surface area contributed by atoms with Crippen LogP contribution in [-0.4, -0.2) is 15.3 Å². The summed E-state index contributed by atoms with van der Waals surface area (Å²) < 4.78 is 5.06. The first kappa shape index (κ1) is 8.89. The maximum absolute atomic E-state index is 9.24. The molecule has 5 nitrogen and oxygen atoms in total. The van der Waals surface area contributed by atoms with Gasteiger partial charge in [-0.15, -0.1) is 10.2 Å². The van der Waals surface area contributed by atoms with E-state index in [1.807, 2.05) is 0 Å². The predicted octanol–water partition coefficient (Wildman–Crippen LogP) is 1.31. The Kier molecular flexibility index (Phi) is 2.05. The molecule has 0 saturated heterocycles. The van der Waals surface area contributed by atoms with Crippen LogP contribution in [0.1, 0.15) is 0 Å². The lowest BCUT2D eigenvalue weighted by molar-refractivity contribution is 0.464. The molecule has 0 unspecified atom stereocenters. The molecule has 2 rings (SSSR count). The summed E-state index contributed by atoms with van der Waals surface area (Å²) in [5.74, 6) is 0.330. The lowest BCUT2D eigenvalue weighted by atomic mass is 10.2. The maximum Gasteiger partial charge on any atom is 0.273 e. The van der Waals surface area contributed by atoms with Crippen molar-refractivity contribution in [3.05, 3.63) is 18.2 Å². The van der Waals surface area contributed by atoms with Gasteiger partial charge in [0.15, 0.2) is 0 Å². The number of phenols is 1. The molecule has 0 aliphatic heterocycles. The summed E-state index contributed by atoms with van der Waals surface area (Å²) in [5.41, 5.74) is 6.62. The average molecular weight is 209 g/mol. The van der Waals surface area contributed by atoms with E-state index in [0.717, 1.165) is 0 Å². The fourth-order valence-electron chi connectivity index (χ4n) is 1.05. The molecule has 0 fully saturated rings. The van der Waals surface area contributed by atoms with E-state index in [0.29, 0.717) is 11.3 Å². The summed E-state index contributed by atoms with van der Waals surface area (Å²) in [4.78, 5) is 0. The molecule has 0 radical (unpaired) electrons. The minimum Gasteiger partial charge on any atom is -0.508 e. The molecule has 6 heteroatoms. The average Bonchev–Trinajstić information content (AvgIpc) is 2.56. The summed E-state index contributed by atoms with van der Waals surface area (Å²) in [6, 6.07) is 4.50. The number of hydrogen-bond donors (Lipinski definition) is 3.